The van der Waals surface area contributed by atoms with Crippen LogP contribution in [0.15, 0.2) is 12.5 Å². The molecule has 1 amide bonds. The summed E-state index contributed by atoms with van der Waals surface area (Å²) in [4.78, 5) is 18.7. The van der Waals surface area contributed by atoms with Gasteiger partial charge in [-0.2, -0.15) is 0 Å². The van der Waals surface area contributed by atoms with Gasteiger partial charge >= 0.3 is 0 Å². The number of hydrogen-bond acceptors (Lipinski definition) is 3. The van der Waals surface area contributed by atoms with E-state index < -0.39 is 5.60 Å². The number of hydrogen-bond donors (Lipinski definition) is 2. The first-order valence-electron chi connectivity index (χ1n) is 5.43. The molecule has 0 saturated carbocycles. The van der Waals surface area contributed by atoms with E-state index in [1.807, 2.05) is 6.92 Å². The second-order valence-electron chi connectivity index (χ2n) is 3.87. The molecule has 0 fully saturated rings. The van der Waals surface area contributed by atoms with Gasteiger partial charge < -0.3 is 15.0 Å². The van der Waals surface area contributed by atoms with Gasteiger partial charge in [-0.1, -0.05) is 6.92 Å². The summed E-state index contributed by atoms with van der Waals surface area (Å²) in [5.74, 6) is -0.0722. The fourth-order valence-electron chi connectivity index (χ4n) is 1.32. The van der Waals surface area contributed by atoms with Gasteiger partial charge in [0, 0.05) is 32.0 Å². The Morgan fingerprint density at radius 2 is 2.44 bits per heavy atom. The number of amides is 1. The fraction of sp³-hybridized carbons (Fsp3) is 0.636. The molecule has 1 unspecified atom stereocenters. The summed E-state index contributed by atoms with van der Waals surface area (Å²) in [6.45, 7) is 4.30. The number of H-pyrrole nitrogens is 1. The van der Waals surface area contributed by atoms with Crippen molar-refractivity contribution in [3.63, 3.8) is 0 Å². The number of carbonyl (C=O) groups excluding carboxylic acids is 1. The molecule has 1 aromatic rings. The largest absolute Gasteiger partial charge is 0.369 e. The topological polar surface area (TPSA) is 67.0 Å². The van der Waals surface area contributed by atoms with Crippen molar-refractivity contribution in [3.8, 4) is 0 Å². The Morgan fingerprint density at radius 3 is 2.94 bits per heavy atom. The Balaban J connectivity index is 2.35. The molecule has 0 bridgehead atoms. The van der Waals surface area contributed by atoms with Crippen LogP contribution in [0.4, 0.5) is 0 Å². The molecule has 2 N–H and O–H groups in total. The van der Waals surface area contributed by atoms with Gasteiger partial charge in [-0.3, -0.25) is 4.79 Å². The van der Waals surface area contributed by atoms with Crippen LogP contribution in [0.2, 0.25) is 0 Å². The molecule has 0 aliphatic carbocycles. The summed E-state index contributed by atoms with van der Waals surface area (Å²) in [6.07, 6.45) is 4.78. The lowest BCUT2D eigenvalue weighted by Gasteiger charge is -2.25. The van der Waals surface area contributed by atoms with Crippen molar-refractivity contribution in [2.75, 3.05) is 13.7 Å². The van der Waals surface area contributed by atoms with E-state index in [-0.39, 0.29) is 5.91 Å². The van der Waals surface area contributed by atoms with Gasteiger partial charge in [0.1, 0.15) is 5.60 Å². The summed E-state index contributed by atoms with van der Waals surface area (Å²) in [5.41, 5.74) is 0.282. The third-order valence-electron chi connectivity index (χ3n) is 2.84. The Morgan fingerprint density at radius 1 is 1.69 bits per heavy atom. The number of aromatic amines is 1. The number of nitrogens with one attached hydrogen (secondary N) is 2. The zero-order valence-electron chi connectivity index (χ0n) is 10.0. The van der Waals surface area contributed by atoms with Crippen LogP contribution >= 0.6 is 0 Å². The monoisotopic (exact) mass is 225 g/mol. The third-order valence-corrected chi connectivity index (χ3v) is 2.84. The lowest BCUT2D eigenvalue weighted by atomic mass is 10.0. The normalized spacial score (nSPS) is 14.4. The second-order valence-corrected chi connectivity index (χ2v) is 3.87. The Labute approximate surface area is 95.6 Å². The highest BCUT2D eigenvalue weighted by Crippen LogP contribution is 2.13. The van der Waals surface area contributed by atoms with Gasteiger partial charge in [-0.15, -0.1) is 0 Å². The first kappa shape index (κ1) is 12.7. The van der Waals surface area contributed by atoms with E-state index in [0.717, 1.165) is 12.1 Å². The van der Waals surface area contributed by atoms with Gasteiger partial charge in [-0.05, 0) is 13.3 Å². The molecule has 90 valence electrons. The van der Waals surface area contributed by atoms with Crippen LogP contribution in [-0.2, 0) is 16.0 Å². The summed E-state index contributed by atoms with van der Waals surface area (Å²) in [7, 11) is 1.55. The number of carbonyl (C=O) groups is 1. The Bertz CT molecular complexity index is 318. The van der Waals surface area contributed by atoms with E-state index in [1.165, 1.54) is 0 Å². The quantitative estimate of drug-likeness (QED) is 0.755. The first-order valence-corrected chi connectivity index (χ1v) is 5.43. The van der Waals surface area contributed by atoms with Gasteiger partial charge in [0.15, 0.2) is 0 Å². The molecule has 5 heteroatoms. The summed E-state index contributed by atoms with van der Waals surface area (Å²) < 4.78 is 5.20. The van der Waals surface area contributed by atoms with Gasteiger partial charge in [-0.25, -0.2) is 4.98 Å². The maximum atomic E-state index is 11.8. The number of rotatable bonds is 6. The van der Waals surface area contributed by atoms with Crippen molar-refractivity contribution in [2.45, 2.75) is 32.3 Å². The molecule has 0 saturated heterocycles. The minimum Gasteiger partial charge on any atom is -0.369 e. The van der Waals surface area contributed by atoms with Gasteiger partial charge in [0.25, 0.3) is 5.91 Å². The lowest BCUT2D eigenvalue weighted by Crippen LogP contribution is -2.46. The SMILES string of the molecule is CCC(C)(OC)C(=O)NCCc1cnc[nH]1. The van der Waals surface area contributed by atoms with Crippen LogP contribution in [0, 0.1) is 0 Å². The van der Waals surface area contributed by atoms with Crippen molar-refractivity contribution in [2.24, 2.45) is 0 Å². The molecule has 0 aromatic carbocycles. The summed E-state index contributed by atoms with van der Waals surface area (Å²) in [6, 6.07) is 0. The maximum Gasteiger partial charge on any atom is 0.251 e. The van der Waals surface area contributed by atoms with Crippen LogP contribution in [0.1, 0.15) is 26.0 Å². The molecule has 0 radical (unpaired) electrons. The third kappa shape index (κ3) is 3.06. The Kier molecular flexibility index (Phi) is 4.49. The van der Waals surface area contributed by atoms with E-state index >= 15 is 0 Å². The number of nitrogens with zero attached hydrogens (tertiary/aromatic N) is 1. The molecule has 16 heavy (non-hydrogen) atoms. The van der Waals surface area contributed by atoms with Gasteiger partial charge in [0.05, 0.1) is 6.33 Å². The average Bonchev–Trinajstić information content (AvgIpc) is 2.80. The highest BCUT2D eigenvalue weighted by Gasteiger charge is 2.30. The molecule has 1 aromatic heterocycles. The molecular weight excluding hydrogens is 206 g/mol. The van der Waals surface area contributed by atoms with E-state index in [1.54, 1.807) is 26.6 Å². The van der Waals surface area contributed by atoms with Crippen LogP contribution < -0.4 is 5.32 Å². The van der Waals surface area contributed by atoms with Crippen molar-refractivity contribution in [1.29, 1.82) is 0 Å². The number of imidazole rings is 1. The number of ether oxygens (including phenoxy) is 1. The fourth-order valence-corrected chi connectivity index (χ4v) is 1.32. The second kappa shape index (κ2) is 5.65. The number of methoxy groups -OCH3 is 1. The lowest BCUT2D eigenvalue weighted by molar-refractivity contribution is -0.141. The van der Waals surface area contributed by atoms with Crippen LogP contribution in [-0.4, -0.2) is 35.1 Å². The number of aromatic nitrogens is 2. The molecule has 1 rings (SSSR count). The summed E-state index contributed by atoms with van der Waals surface area (Å²) in [5, 5.41) is 2.85. The predicted molar refractivity (Wildman–Crippen MR) is 61.0 cm³/mol. The van der Waals surface area contributed by atoms with Crippen LogP contribution in [0.5, 0.6) is 0 Å². The highest BCUT2D eigenvalue weighted by atomic mass is 16.5. The molecule has 5 nitrogen and oxygen atoms in total. The van der Waals surface area contributed by atoms with Crippen molar-refractivity contribution >= 4 is 5.91 Å². The van der Waals surface area contributed by atoms with Gasteiger partial charge in [0.2, 0.25) is 0 Å². The average molecular weight is 225 g/mol. The maximum absolute atomic E-state index is 11.8. The standard InChI is InChI=1S/C11H19N3O2/c1-4-11(2,16-3)10(15)13-6-5-9-7-12-8-14-9/h7-8H,4-6H2,1-3H3,(H,12,14)(H,13,15). The van der Waals surface area contributed by atoms with Crippen LogP contribution in [0.25, 0.3) is 0 Å². The van der Waals surface area contributed by atoms with E-state index in [2.05, 4.69) is 15.3 Å². The van der Waals surface area contributed by atoms with Crippen LogP contribution in [0.3, 0.4) is 0 Å². The van der Waals surface area contributed by atoms with E-state index in [4.69, 9.17) is 4.74 Å². The van der Waals surface area contributed by atoms with Crippen molar-refractivity contribution in [1.82, 2.24) is 15.3 Å². The minimum absolute atomic E-state index is 0.0722. The zero-order chi connectivity index (χ0) is 12.0. The highest BCUT2D eigenvalue weighted by molar-refractivity contribution is 5.84. The van der Waals surface area contributed by atoms with E-state index in [0.29, 0.717) is 13.0 Å². The molecule has 0 spiro atoms. The van der Waals surface area contributed by atoms with Crippen molar-refractivity contribution in [3.05, 3.63) is 18.2 Å². The molecule has 0 aliphatic rings. The smallest absolute Gasteiger partial charge is 0.251 e. The van der Waals surface area contributed by atoms with Crippen molar-refractivity contribution < 1.29 is 9.53 Å². The minimum atomic E-state index is -0.728. The molecule has 1 atom stereocenters. The Hall–Kier alpha value is -1.36. The summed E-state index contributed by atoms with van der Waals surface area (Å²) >= 11 is 0. The molecular formula is C11H19N3O2. The molecule has 0 aliphatic heterocycles. The zero-order valence-corrected chi connectivity index (χ0v) is 10.0. The molecule has 1 heterocycles. The van der Waals surface area contributed by atoms with E-state index in [9.17, 15) is 4.79 Å². The first-order chi connectivity index (χ1) is 7.62. The predicted octanol–water partition coefficient (Wildman–Crippen LogP) is 0.883.